The molecule has 3 rings (SSSR count). The maximum atomic E-state index is 11.2. The fourth-order valence-corrected chi connectivity index (χ4v) is 5.31. The molecule has 2 aromatic rings. The third-order valence-corrected chi connectivity index (χ3v) is 8.13. The average molecular weight is 835 g/mol. The van der Waals surface area contributed by atoms with Gasteiger partial charge < -0.3 is 10.2 Å². The van der Waals surface area contributed by atoms with Crippen molar-refractivity contribution in [2.75, 3.05) is 0 Å². The predicted molar refractivity (Wildman–Crippen MR) is 185 cm³/mol. The van der Waals surface area contributed by atoms with Gasteiger partial charge in [-0.15, -0.1) is 0 Å². The van der Waals surface area contributed by atoms with Gasteiger partial charge in [0.1, 0.15) is 11.5 Å². The zero-order valence-electron chi connectivity index (χ0n) is 30.4. The Morgan fingerprint density at radius 3 is 1.06 bits per heavy atom. The number of aliphatic imine (C=N–C) groups is 2. The van der Waals surface area contributed by atoms with Gasteiger partial charge in [0.15, 0.2) is 0 Å². The van der Waals surface area contributed by atoms with E-state index in [9.17, 15) is 27.1 Å². The molecule has 12 heteroatoms. The molecule has 0 amide bonds. The third-order valence-electron chi connectivity index (χ3n) is 8.13. The number of aromatic hydroxyl groups is 2. The van der Waals surface area contributed by atoms with E-state index in [0.717, 1.165) is 47.9 Å². The van der Waals surface area contributed by atoms with E-state index in [-0.39, 0.29) is 51.1 Å². The molecule has 0 saturated heterocycles. The molecule has 1 aliphatic carbocycles. The van der Waals surface area contributed by atoms with Crippen LogP contribution in [-0.4, -0.2) is 54.2 Å². The molecule has 1 aliphatic rings. The van der Waals surface area contributed by atoms with E-state index in [1.54, 1.807) is 0 Å². The molecule has 0 spiro atoms. The first-order valence-electron chi connectivity index (χ1n) is 16.0. The number of benzene rings is 2. The Balaban J connectivity index is 0.00000130. The summed E-state index contributed by atoms with van der Waals surface area (Å²) < 4.78 is 59.6. The summed E-state index contributed by atoms with van der Waals surface area (Å²) >= 11 is -11.2. The van der Waals surface area contributed by atoms with Gasteiger partial charge in [-0.1, -0.05) is 108 Å². The van der Waals surface area contributed by atoms with Crippen LogP contribution in [0.2, 0.25) is 0 Å². The summed E-state index contributed by atoms with van der Waals surface area (Å²) in [5.74, 6) is 0.637. The van der Waals surface area contributed by atoms with Crippen molar-refractivity contribution < 1.29 is 44.5 Å². The van der Waals surface area contributed by atoms with E-state index < -0.39 is 19.5 Å². The van der Waals surface area contributed by atoms with Crippen LogP contribution in [0.25, 0.3) is 0 Å². The van der Waals surface area contributed by atoms with Crippen LogP contribution < -0.4 is 0 Å². The Kier molecular flexibility index (Phi) is 13.1. The molecule has 1 fully saturated rings. The van der Waals surface area contributed by atoms with Crippen LogP contribution in [-0.2, 0) is 39.0 Å². The fraction of sp³-hybridized carbons (Fsp3) is 0.611. The summed E-state index contributed by atoms with van der Waals surface area (Å²) in [4.78, 5) is 10.1. The predicted octanol–water partition coefficient (Wildman–Crippen LogP) is 11.3. The Labute approximate surface area is 296 Å². The zero-order valence-corrected chi connectivity index (χ0v) is 34.2. The van der Waals surface area contributed by atoms with Gasteiger partial charge >= 0.3 is 36.4 Å². The molecule has 2 N–H and O–H groups in total. The van der Waals surface area contributed by atoms with E-state index in [1.807, 2.05) is 12.4 Å². The quantitative estimate of drug-likeness (QED) is 0.183. The van der Waals surface area contributed by atoms with Crippen molar-refractivity contribution in [3.05, 3.63) is 57.6 Å². The molecule has 0 radical (unpaired) electrons. The molecule has 0 aromatic heterocycles. The van der Waals surface area contributed by atoms with Gasteiger partial charge in [-0.2, -0.15) is 0 Å². The van der Waals surface area contributed by atoms with Crippen molar-refractivity contribution in [1.29, 1.82) is 0 Å². The minimum absolute atomic E-state index is 0. The van der Waals surface area contributed by atoms with Crippen LogP contribution in [0.5, 0.6) is 11.5 Å². The van der Waals surface area contributed by atoms with Gasteiger partial charge in [0.2, 0.25) is 0 Å². The molecule has 2 aromatic carbocycles. The SMILES string of the molecule is CC(C)(C)c1cc(C=N[C@@H]2CCCC[C@H]2N=Cc2cc(C(C)(C)C)cc(C(C)(C)C)c2O)c(O)c(C(C)(C)C)c1.[Cr].[F][Sb-]([F])([F])([F])([F])[F]. The summed E-state index contributed by atoms with van der Waals surface area (Å²) in [6.45, 7) is 26.0. The topological polar surface area (TPSA) is 65.2 Å². The van der Waals surface area contributed by atoms with Crippen LogP contribution in [0.4, 0.5) is 16.9 Å². The van der Waals surface area contributed by atoms with Gasteiger partial charge in [-0.25, -0.2) is 0 Å². The van der Waals surface area contributed by atoms with Crippen molar-refractivity contribution >= 4 is 31.9 Å². The molecule has 2 atom stereocenters. The van der Waals surface area contributed by atoms with Crippen molar-refractivity contribution in [2.24, 2.45) is 9.98 Å². The second kappa shape index (κ2) is 14.1. The second-order valence-corrected chi connectivity index (χ2v) is 22.3. The number of hydrogen-bond acceptors (Lipinski definition) is 4. The zero-order chi connectivity index (χ0) is 36.7. The van der Waals surface area contributed by atoms with Gasteiger partial charge in [0.05, 0.1) is 12.1 Å². The first-order chi connectivity index (χ1) is 20.6. The number of hydrogen-bond donors (Lipinski definition) is 2. The van der Waals surface area contributed by atoms with Crippen LogP contribution in [0.15, 0.2) is 34.3 Å². The number of phenolic OH excluding ortho intramolecular Hbond substituents is 2. The monoisotopic (exact) mass is 833 g/mol. The summed E-state index contributed by atoms with van der Waals surface area (Å²) in [6.07, 6.45) is 7.90. The number of rotatable bonds is 4. The number of nitrogens with zero attached hydrogens (tertiary/aromatic N) is 2. The van der Waals surface area contributed by atoms with Gasteiger partial charge in [-0.3, -0.25) is 9.98 Å². The maximum absolute atomic E-state index is 11.2. The van der Waals surface area contributed by atoms with E-state index in [0.29, 0.717) is 11.5 Å². The molecule has 4 nitrogen and oxygen atoms in total. The van der Waals surface area contributed by atoms with Crippen LogP contribution in [0.3, 0.4) is 0 Å². The Hall–Kier alpha value is -1.69. The summed E-state index contributed by atoms with van der Waals surface area (Å²) in [5.41, 5.74) is 5.39. The second-order valence-electron chi connectivity index (χ2n) is 16.9. The summed E-state index contributed by atoms with van der Waals surface area (Å²) in [6, 6.07) is 8.53. The molecule has 48 heavy (non-hydrogen) atoms. The Morgan fingerprint density at radius 1 is 0.562 bits per heavy atom. The van der Waals surface area contributed by atoms with E-state index >= 15 is 0 Å². The van der Waals surface area contributed by atoms with Gasteiger partial charge in [-0.05, 0) is 57.8 Å². The van der Waals surface area contributed by atoms with E-state index in [1.165, 1.54) is 11.1 Å². The van der Waals surface area contributed by atoms with Crippen molar-refractivity contribution in [3.8, 4) is 11.5 Å². The Morgan fingerprint density at radius 2 is 0.833 bits per heavy atom. The van der Waals surface area contributed by atoms with Crippen molar-refractivity contribution in [1.82, 2.24) is 0 Å². The van der Waals surface area contributed by atoms with Gasteiger partial charge in [0.25, 0.3) is 0 Å². The van der Waals surface area contributed by atoms with Crippen LogP contribution in [0.1, 0.15) is 142 Å². The summed E-state index contributed by atoms with van der Waals surface area (Å²) in [7, 11) is 0. The van der Waals surface area contributed by atoms with Crippen molar-refractivity contribution in [2.45, 2.75) is 143 Å². The molecule has 0 heterocycles. The first kappa shape index (κ1) is 44.3. The normalized spacial score (nSPS) is 19.7. The molecule has 274 valence electrons. The van der Waals surface area contributed by atoms with E-state index in [4.69, 9.17) is 9.98 Å². The van der Waals surface area contributed by atoms with Crippen LogP contribution >= 0.6 is 0 Å². The van der Waals surface area contributed by atoms with Crippen LogP contribution in [0, 0.1) is 0 Å². The summed E-state index contributed by atoms with van der Waals surface area (Å²) in [5, 5.41) is 22.5. The molecule has 0 aliphatic heterocycles. The third kappa shape index (κ3) is 14.7. The minimum atomic E-state index is -11.2. The van der Waals surface area contributed by atoms with E-state index in [2.05, 4.69) is 107 Å². The average Bonchev–Trinajstić information content (AvgIpc) is 2.83. The standard InChI is InChI=1S/C36H54N2O2.Cr.6FH.Sb/c1-33(2,3)25-17-23(31(39)27(19-25)35(7,8)9)21-37-29-15-13-14-16-30(29)38-22-24-18-26(34(4,5)6)20-28(32(24)40)36(10,11)12;;;;;;;;/h17-22,29-30,39-40H,13-16H2,1-12H3;;6*1H;/q;;;;;;;;+5/p-6/t29-,30-;;;;;;;;/m1......../s1. The molecule has 0 bridgehead atoms. The van der Waals surface area contributed by atoms with Gasteiger partial charge in [0, 0.05) is 52.0 Å². The fourth-order valence-electron chi connectivity index (χ4n) is 5.31. The first-order valence-corrected chi connectivity index (χ1v) is 21.8. The molecule has 1 saturated carbocycles. The molecule has 0 unspecified atom stereocenters. The molecular weight excluding hydrogens is 780 g/mol. The number of halogens is 6. The molecular formula is C36H54CrF6N2O2Sb-. The number of phenols is 2. The Bertz CT molecular complexity index is 1390. The van der Waals surface area contributed by atoms with Crippen molar-refractivity contribution in [3.63, 3.8) is 0 Å².